The van der Waals surface area contributed by atoms with E-state index in [2.05, 4.69) is 46.5 Å². The first kappa shape index (κ1) is 18.3. The SMILES string of the molecule is COc1ccc(NC(=O)C2CC(c3cccc4ccccc34)NN2)cc1OC. The molecule has 1 aliphatic heterocycles. The normalized spacial score (nSPS) is 18.8. The molecule has 3 aromatic rings. The summed E-state index contributed by atoms with van der Waals surface area (Å²) in [5, 5.41) is 5.34. The molecule has 1 saturated heterocycles. The van der Waals surface area contributed by atoms with Crippen molar-refractivity contribution in [2.45, 2.75) is 18.5 Å². The second kappa shape index (κ2) is 7.88. The van der Waals surface area contributed by atoms with Gasteiger partial charge in [-0.1, -0.05) is 42.5 Å². The van der Waals surface area contributed by atoms with Gasteiger partial charge in [0, 0.05) is 17.8 Å². The van der Waals surface area contributed by atoms with Crippen LogP contribution in [0.2, 0.25) is 0 Å². The molecule has 6 nitrogen and oxygen atoms in total. The zero-order valence-corrected chi connectivity index (χ0v) is 15.9. The third-order valence-corrected chi connectivity index (χ3v) is 5.07. The van der Waals surface area contributed by atoms with Gasteiger partial charge in [0.05, 0.1) is 14.2 Å². The van der Waals surface area contributed by atoms with Crippen LogP contribution in [0.4, 0.5) is 5.69 Å². The molecule has 144 valence electrons. The molecule has 3 N–H and O–H groups in total. The molecule has 0 radical (unpaired) electrons. The van der Waals surface area contributed by atoms with Crippen molar-refractivity contribution in [2.75, 3.05) is 19.5 Å². The van der Waals surface area contributed by atoms with Gasteiger partial charge in [-0.25, -0.2) is 10.9 Å². The van der Waals surface area contributed by atoms with Gasteiger partial charge in [0.25, 0.3) is 0 Å². The number of carbonyl (C=O) groups is 1. The number of hydrogen-bond donors (Lipinski definition) is 3. The van der Waals surface area contributed by atoms with Gasteiger partial charge >= 0.3 is 0 Å². The monoisotopic (exact) mass is 377 g/mol. The summed E-state index contributed by atoms with van der Waals surface area (Å²) in [5.74, 6) is 1.10. The Balaban J connectivity index is 1.47. The molecular formula is C22H23N3O3. The molecule has 2 atom stereocenters. The number of fused-ring (bicyclic) bond motifs is 1. The Morgan fingerprint density at radius 3 is 2.57 bits per heavy atom. The molecule has 2 unspecified atom stereocenters. The minimum Gasteiger partial charge on any atom is -0.493 e. The maximum atomic E-state index is 12.7. The van der Waals surface area contributed by atoms with Crippen molar-refractivity contribution in [3.63, 3.8) is 0 Å². The standard InChI is InChI=1S/C22H23N3O3/c1-27-20-11-10-15(12-21(20)28-2)23-22(26)19-13-18(24-25-19)17-9-5-7-14-6-3-4-8-16(14)17/h3-12,18-19,24-25H,13H2,1-2H3,(H,23,26). The highest BCUT2D eigenvalue weighted by atomic mass is 16.5. The van der Waals surface area contributed by atoms with Crippen molar-refractivity contribution < 1.29 is 14.3 Å². The molecule has 3 aromatic carbocycles. The lowest BCUT2D eigenvalue weighted by atomic mass is 9.96. The second-order valence-corrected chi connectivity index (χ2v) is 6.76. The predicted molar refractivity (Wildman–Crippen MR) is 110 cm³/mol. The van der Waals surface area contributed by atoms with Crippen molar-refractivity contribution >= 4 is 22.4 Å². The van der Waals surface area contributed by atoms with Gasteiger partial charge in [-0.05, 0) is 34.9 Å². The van der Waals surface area contributed by atoms with E-state index in [1.165, 1.54) is 16.3 Å². The summed E-state index contributed by atoms with van der Waals surface area (Å²) < 4.78 is 10.5. The number of hydrogen-bond acceptors (Lipinski definition) is 5. The summed E-state index contributed by atoms with van der Waals surface area (Å²) in [7, 11) is 3.15. The third-order valence-electron chi connectivity index (χ3n) is 5.07. The average Bonchev–Trinajstić information content (AvgIpc) is 3.23. The van der Waals surface area contributed by atoms with Crippen molar-refractivity contribution in [1.29, 1.82) is 0 Å². The Hall–Kier alpha value is -3.09. The molecule has 6 heteroatoms. The lowest BCUT2D eigenvalue weighted by Crippen LogP contribution is -2.39. The maximum absolute atomic E-state index is 12.7. The fourth-order valence-corrected chi connectivity index (χ4v) is 3.63. The molecule has 0 aromatic heterocycles. The Morgan fingerprint density at radius 1 is 0.964 bits per heavy atom. The molecule has 0 spiro atoms. The number of rotatable bonds is 5. The van der Waals surface area contributed by atoms with E-state index >= 15 is 0 Å². The smallest absolute Gasteiger partial charge is 0.242 e. The van der Waals surface area contributed by atoms with Gasteiger partial charge in [0.2, 0.25) is 5.91 Å². The summed E-state index contributed by atoms with van der Waals surface area (Å²) in [6.45, 7) is 0. The van der Waals surface area contributed by atoms with E-state index < -0.39 is 0 Å². The van der Waals surface area contributed by atoms with Gasteiger partial charge in [0.15, 0.2) is 11.5 Å². The number of nitrogens with one attached hydrogen (secondary N) is 3. The first-order valence-electron chi connectivity index (χ1n) is 9.21. The fourth-order valence-electron chi connectivity index (χ4n) is 3.63. The van der Waals surface area contributed by atoms with Crippen molar-refractivity contribution in [3.05, 3.63) is 66.2 Å². The first-order valence-corrected chi connectivity index (χ1v) is 9.21. The Labute approximate surface area is 163 Å². The largest absolute Gasteiger partial charge is 0.493 e. The van der Waals surface area contributed by atoms with Crippen LogP contribution in [0.15, 0.2) is 60.7 Å². The van der Waals surface area contributed by atoms with E-state index in [4.69, 9.17) is 9.47 Å². The van der Waals surface area contributed by atoms with Gasteiger partial charge in [-0.2, -0.15) is 0 Å². The zero-order valence-electron chi connectivity index (χ0n) is 15.9. The van der Waals surface area contributed by atoms with Crippen LogP contribution in [-0.2, 0) is 4.79 Å². The molecule has 0 bridgehead atoms. The third kappa shape index (κ3) is 3.52. The number of carbonyl (C=O) groups excluding carboxylic acids is 1. The van der Waals surface area contributed by atoms with Crippen LogP contribution < -0.4 is 25.6 Å². The lowest BCUT2D eigenvalue weighted by molar-refractivity contribution is -0.117. The number of hydrazine groups is 1. The zero-order chi connectivity index (χ0) is 19.5. The molecule has 4 rings (SSSR count). The second-order valence-electron chi connectivity index (χ2n) is 6.76. The van der Waals surface area contributed by atoms with Crippen LogP contribution in [0.3, 0.4) is 0 Å². The summed E-state index contributed by atoms with van der Waals surface area (Å²) in [6.07, 6.45) is 0.660. The molecule has 1 heterocycles. The number of methoxy groups -OCH3 is 2. The highest BCUT2D eigenvalue weighted by molar-refractivity contribution is 5.95. The molecule has 1 fully saturated rings. The molecule has 28 heavy (non-hydrogen) atoms. The minimum atomic E-state index is -0.336. The Bertz CT molecular complexity index is 1000. The average molecular weight is 377 g/mol. The van der Waals surface area contributed by atoms with Crippen molar-refractivity contribution in [2.24, 2.45) is 0 Å². The van der Waals surface area contributed by atoms with Crippen LogP contribution in [0.5, 0.6) is 11.5 Å². The van der Waals surface area contributed by atoms with Gasteiger partial charge in [0.1, 0.15) is 6.04 Å². The molecule has 0 aliphatic carbocycles. The first-order chi connectivity index (χ1) is 13.7. The topological polar surface area (TPSA) is 71.6 Å². The molecule has 0 saturated carbocycles. The van der Waals surface area contributed by atoms with Gasteiger partial charge in [-0.3, -0.25) is 4.79 Å². The van der Waals surface area contributed by atoms with Crippen LogP contribution in [0, 0.1) is 0 Å². The quantitative estimate of drug-likeness (QED) is 0.636. The van der Waals surface area contributed by atoms with Gasteiger partial charge < -0.3 is 14.8 Å². The Morgan fingerprint density at radius 2 is 1.75 bits per heavy atom. The summed E-state index contributed by atoms with van der Waals surface area (Å²) in [5.41, 5.74) is 8.24. The highest BCUT2D eigenvalue weighted by Crippen LogP contribution is 2.31. The van der Waals surface area contributed by atoms with E-state index in [0.29, 0.717) is 23.6 Å². The van der Waals surface area contributed by atoms with Gasteiger partial charge in [-0.15, -0.1) is 0 Å². The molecular weight excluding hydrogens is 354 g/mol. The molecule has 1 amide bonds. The van der Waals surface area contributed by atoms with Crippen LogP contribution in [-0.4, -0.2) is 26.2 Å². The van der Waals surface area contributed by atoms with E-state index in [-0.39, 0.29) is 18.0 Å². The van der Waals surface area contributed by atoms with E-state index in [9.17, 15) is 4.79 Å². The van der Waals surface area contributed by atoms with Crippen LogP contribution in [0.1, 0.15) is 18.0 Å². The summed E-state index contributed by atoms with van der Waals surface area (Å²) in [6, 6.07) is 19.6. The number of amides is 1. The summed E-state index contributed by atoms with van der Waals surface area (Å²) in [4.78, 5) is 12.7. The number of anilines is 1. The molecule has 1 aliphatic rings. The van der Waals surface area contributed by atoms with Crippen LogP contribution >= 0.6 is 0 Å². The number of ether oxygens (including phenoxy) is 2. The fraction of sp³-hybridized carbons (Fsp3) is 0.227. The van der Waals surface area contributed by atoms with Crippen molar-refractivity contribution in [3.8, 4) is 11.5 Å². The predicted octanol–water partition coefficient (Wildman–Crippen LogP) is 3.40. The summed E-state index contributed by atoms with van der Waals surface area (Å²) >= 11 is 0. The Kier molecular flexibility index (Phi) is 5.14. The maximum Gasteiger partial charge on any atom is 0.242 e. The number of benzene rings is 3. The van der Waals surface area contributed by atoms with Crippen LogP contribution in [0.25, 0.3) is 10.8 Å². The van der Waals surface area contributed by atoms with E-state index in [1.807, 2.05) is 12.1 Å². The van der Waals surface area contributed by atoms with E-state index in [1.54, 1.807) is 32.4 Å². The van der Waals surface area contributed by atoms with E-state index in [0.717, 1.165) is 0 Å². The highest BCUT2D eigenvalue weighted by Gasteiger charge is 2.31. The minimum absolute atomic E-state index is 0.0623. The van der Waals surface area contributed by atoms with Crippen molar-refractivity contribution in [1.82, 2.24) is 10.9 Å². The lowest BCUT2D eigenvalue weighted by Gasteiger charge is -2.14.